The third-order valence-electron chi connectivity index (χ3n) is 2.79. The standard InChI is InChI=1S/C15H16N4O2S/c1-3-22-15-18-13(12(8-16)14(17)19-15)9-21-11-6-4-5-10(7-11)20-2/h4-7H,3,9H2,1-2H3,(H2,17,18,19). The number of aromatic nitrogens is 2. The van der Waals surface area contributed by atoms with Crippen molar-refractivity contribution in [1.82, 2.24) is 9.97 Å². The van der Waals surface area contributed by atoms with Crippen molar-refractivity contribution < 1.29 is 9.47 Å². The highest BCUT2D eigenvalue weighted by Crippen LogP contribution is 2.23. The van der Waals surface area contributed by atoms with Crippen LogP contribution in [0.1, 0.15) is 18.2 Å². The van der Waals surface area contributed by atoms with E-state index in [9.17, 15) is 5.26 Å². The lowest BCUT2D eigenvalue weighted by Crippen LogP contribution is -2.08. The van der Waals surface area contributed by atoms with E-state index in [4.69, 9.17) is 15.2 Å². The number of nitrogens with zero attached hydrogens (tertiary/aromatic N) is 3. The molecule has 0 aliphatic rings. The average Bonchev–Trinajstić information content (AvgIpc) is 2.53. The lowest BCUT2D eigenvalue weighted by molar-refractivity contribution is 0.297. The zero-order valence-corrected chi connectivity index (χ0v) is 13.2. The smallest absolute Gasteiger partial charge is 0.189 e. The molecule has 1 heterocycles. The fourth-order valence-electron chi connectivity index (χ4n) is 1.77. The molecule has 0 unspecified atom stereocenters. The molecular weight excluding hydrogens is 300 g/mol. The van der Waals surface area contributed by atoms with Gasteiger partial charge in [0.25, 0.3) is 0 Å². The first kappa shape index (κ1) is 15.9. The molecule has 0 aliphatic carbocycles. The number of thioether (sulfide) groups is 1. The summed E-state index contributed by atoms with van der Waals surface area (Å²) in [5.41, 5.74) is 6.55. The molecule has 0 fully saturated rings. The molecule has 0 atom stereocenters. The second-order valence-electron chi connectivity index (χ2n) is 4.23. The minimum atomic E-state index is 0.139. The van der Waals surface area contributed by atoms with Gasteiger partial charge in [-0.2, -0.15) is 5.26 Å². The van der Waals surface area contributed by atoms with Gasteiger partial charge in [-0.3, -0.25) is 0 Å². The fraction of sp³-hybridized carbons (Fsp3) is 0.267. The van der Waals surface area contributed by atoms with Crippen LogP contribution in [0.25, 0.3) is 0 Å². The van der Waals surface area contributed by atoms with Crippen molar-refractivity contribution in [3.63, 3.8) is 0 Å². The van der Waals surface area contributed by atoms with E-state index in [1.54, 1.807) is 19.2 Å². The van der Waals surface area contributed by atoms with E-state index in [-0.39, 0.29) is 18.0 Å². The Morgan fingerprint density at radius 2 is 2.09 bits per heavy atom. The number of benzene rings is 1. The van der Waals surface area contributed by atoms with E-state index in [2.05, 4.69) is 9.97 Å². The normalized spacial score (nSPS) is 10.0. The van der Waals surface area contributed by atoms with Gasteiger partial charge in [0.1, 0.15) is 41.3 Å². The molecule has 0 bridgehead atoms. The third-order valence-corrected chi connectivity index (χ3v) is 3.52. The SMILES string of the molecule is CCSc1nc(N)c(C#N)c(COc2cccc(OC)c2)n1. The molecule has 114 valence electrons. The third kappa shape index (κ3) is 3.80. The van der Waals surface area contributed by atoms with Crippen molar-refractivity contribution in [3.05, 3.63) is 35.5 Å². The molecule has 0 amide bonds. The van der Waals surface area contributed by atoms with Crippen LogP contribution in [-0.4, -0.2) is 22.8 Å². The number of rotatable bonds is 6. The molecular formula is C15H16N4O2S. The number of nitriles is 1. The lowest BCUT2D eigenvalue weighted by atomic mass is 10.2. The highest BCUT2D eigenvalue weighted by Gasteiger charge is 2.13. The van der Waals surface area contributed by atoms with Crippen LogP contribution >= 0.6 is 11.8 Å². The molecule has 0 aliphatic heterocycles. The summed E-state index contributed by atoms with van der Waals surface area (Å²) in [6, 6.07) is 9.25. The quantitative estimate of drug-likeness (QED) is 0.646. The molecule has 7 heteroatoms. The topological polar surface area (TPSA) is 94.0 Å². The van der Waals surface area contributed by atoms with Crippen molar-refractivity contribution in [2.75, 3.05) is 18.6 Å². The van der Waals surface area contributed by atoms with Gasteiger partial charge in [-0.05, 0) is 17.9 Å². The average molecular weight is 316 g/mol. The Bertz CT molecular complexity index is 700. The summed E-state index contributed by atoms with van der Waals surface area (Å²) in [7, 11) is 1.59. The van der Waals surface area contributed by atoms with E-state index in [1.807, 2.05) is 25.1 Å². The Labute approximate surface area is 133 Å². The highest BCUT2D eigenvalue weighted by atomic mass is 32.2. The summed E-state index contributed by atoms with van der Waals surface area (Å²) in [6.07, 6.45) is 0. The molecule has 0 radical (unpaired) electrons. The highest BCUT2D eigenvalue weighted by molar-refractivity contribution is 7.99. The Hall–Kier alpha value is -2.46. The number of ether oxygens (including phenoxy) is 2. The van der Waals surface area contributed by atoms with Crippen LogP contribution in [0.4, 0.5) is 5.82 Å². The molecule has 0 spiro atoms. The first-order valence-electron chi connectivity index (χ1n) is 6.64. The molecule has 2 rings (SSSR count). The van der Waals surface area contributed by atoms with Gasteiger partial charge in [0.2, 0.25) is 0 Å². The van der Waals surface area contributed by atoms with Crippen LogP contribution in [-0.2, 0) is 6.61 Å². The molecule has 6 nitrogen and oxygen atoms in total. The largest absolute Gasteiger partial charge is 0.497 e. The van der Waals surface area contributed by atoms with E-state index < -0.39 is 0 Å². The molecule has 1 aromatic heterocycles. The Balaban J connectivity index is 2.22. The second-order valence-corrected chi connectivity index (χ2v) is 5.46. The van der Waals surface area contributed by atoms with Crippen molar-refractivity contribution in [3.8, 4) is 17.6 Å². The minimum absolute atomic E-state index is 0.139. The first-order chi connectivity index (χ1) is 10.7. The van der Waals surface area contributed by atoms with Gasteiger partial charge in [0, 0.05) is 6.07 Å². The maximum Gasteiger partial charge on any atom is 0.189 e. The molecule has 1 aromatic carbocycles. The maximum atomic E-state index is 9.21. The Morgan fingerprint density at radius 1 is 1.32 bits per heavy atom. The fourth-order valence-corrected chi connectivity index (χ4v) is 2.36. The first-order valence-corrected chi connectivity index (χ1v) is 7.62. The second kappa shape index (κ2) is 7.52. The number of anilines is 1. The van der Waals surface area contributed by atoms with Gasteiger partial charge in [0.15, 0.2) is 5.16 Å². The number of hydrogen-bond donors (Lipinski definition) is 1. The minimum Gasteiger partial charge on any atom is -0.497 e. The summed E-state index contributed by atoms with van der Waals surface area (Å²) in [5.74, 6) is 2.33. The van der Waals surface area contributed by atoms with E-state index in [0.717, 1.165) is 5.75 Å². The van der Waals surface area contributed by atoms with Gasteiger partial charge in [0.05, 0.1) is 7.11 Å². The van der Waals surface area contributed by atoms with Crippen LogP contribution in [0, 0.1) is 11.3 Å². The van der Waals surface area contributed by atoms with Crippen LogP contribution in [0.5, 0.6) is 11.5 Å². The van der Waals surface area contributed by atoms with Crippen LogP contribution in [0.3, 0.4) is 0 Å². The van der Waals surface area contributed by atoms with E-state index >= 15 is 0 Å². The van der Waals surface area contributed by atoms with Gasteiger partial charge < -0.3 is 15.2 Å². The number of nitrogen functional groups attached to an aromatic ring is 1. The van der Waals surface area contributed by atoms with Crippen molar-refractivity contribution in [1.29, 1.82) is 5.26 Å². The van der Waals surface area contributed by atoms with Crippen LogP contribution in [0.15, 0.2) is 29.4 Å². The van der Waals surface area contributed by atoms with Gasteiger partial charge in [-0.1, -0.05) is 24.8 Å². The molecule has 2 N–H and O–H groups in total. The van der Waals surface area contributed by atoms with Crippen molar-refractivity contribution in [2.45, 2.75) is 18.7 Å². The van der Waals surface area contributed by atoms with Crippen molar-refractivity contribution in [2.24, 2.45) is 0 Å². The van der Waals surface area contributed by atoms with Crippen LogP contribution < -0.4 is 15.2 Å². The van der Waals surface area contributed by atoms with Gasteiger partial charge in [-0.25, -0.2) is 9.97 Å². The molecule has 22 heavy (non-hydrogen) atoms. The number of hydrogen-bond acceptors (Lipinski definition) is 7. The Kier molecular flexibility index (Phi) is 5.44. The zero-order valence-electron chi connectivity index (χ0n) is 12.4. The summed E-state index contributed by atoms with van der Waals surface area (Å²) < 4.78 is 10.8. The number of methoxy groups -OCH3 is 1. The summed E-state index contributed by atoms with van der Waals surface area (Å²) >= 11 is 1.46. The lowest BCUT2D eigenvalue weighted by Gasteiger charge is -2.10. The predicted molar refractivity (Wildman–Crippen MR) is 84.9 cm³/mol. The summed E-state index contributed by atoms with van der Waals surface area (Å²) in [4.78, 5) is 8.45. The number of nitrogens with two attached hydrogens (primary N) is 1. The Morgan fingerprint density at radius 3 is 2.77 bits per heavy atom. The molecule has 0 saturated heterocycles. The van der Waals surface area contributed by atoms with E-state index in [0.29, 0.717) is 22.3 Å². The summed E-state index contributed by atoms with van der Waals surface area (Å²) in [5, 5.41) is 9.75. The van der Waals surface area contributed by atoms with Gasteiger partial charge >= 0.3 is 0 Å². The van der Waals surface area contributed by atoms with Gasteiger partial charge in [-0.15, -0.1) is 0 Å². The van der Waals surface area contributed by atoms with Crippen molar-refractivity contribution >= 4 is 17.6 Å². The summed E-state index contributed by atoms with van der Waals surface area (Å²) in [6.45, 7) is 2.13. The predicted octanol–water partition coefficient (Wildman–Crippen LogP) is 2.63. The zero-order chi connectivity index (χ0) is 15.9. The van der Waals surface area contributed by atoms with E-state index in [1.165, 1.54) is 11.8 Å². The monoisotopic (exact) mass is 316 g/mol. The van der Waals surface area contributed by atoms with Crippen LogP contribution in [0.2, 0.25) is 0 Å². The maximum absolute atomic E-state index is 9.21. The molecule has 0 saturated carbocycles. The molecule has 2 aromatic rings.